The number of aryl methyl sites for hydroxylation is 1. The van der Waals surface area contributed by atoms with E-state index in [1.54, 1.807) is 18.3 Å². The first-order chi connectivity index (χ1) is 16.0. The average molecular weight is 461 g/mol. The van der Waals surface area contributed by atoms with Crippen molar-refractivity contribution >= 4 is 34.4 Å². The molecule has 0 saturated carbocycles. The average Bonchev–Trinajstić information content (AvgIpc) is 3.45. The van der Waals surface area contributed by atoms with Gasteiger partial charge >= 0.3 is 0 Å². The SMILES string of the molecule is CC(=O)c1ccc(N2CCN(CC(=O)N3CCc4cc(-c5csc(C)n5)ccc43)CC2)cc1. The third-order valence-corrected chi connectivity index (χ3v) is 7.33. The summed E-state index contributed by atoms with van der Waals surface area (Å²) in [5.74, 6) is 0.257. The summed E-state index contributed by atoms with van der Waals surface area (Å²) in [5, 5.41) is 3.15. The number of anilines is 2. The Morgan fingerprint density at radius 1 is 1.00 bits per heavy atom. The molecule has 33 heavy (non-hydrogen) atoms. The maximum absolute atomic E-state index is 13.1. The molecule has 1 amide bonds. The molecule has 2 aliphatic rings. The number of benzene rings is 2. The quantitative estimate of drug-likeness (QED) is 0.538. The normalized spacial score (nSPS) is 16.2. The Kier molecular flexibility index (Phi) is 6.00. The Labute approximate surface area is 198 Å². The first kappa shape index (κ1) is 21.8. The fourth-order valence-electron chi connectivity index (χ4n) is 4.66. The van der Waals surface area contributed by atoms with Gasteiger partial charge in [0, 0.05) is 60.6 Å². The molecule has 5 rings (SSSR count). The lowest BCUT2D eigenvalue weighted by Crippen LogP contribution is -2.50. The van der Waals surface area contributed by atoms with Crippen LogP contribution in [-0.4, -0.2) is 60.8 Å². The van der Waals surface area contributed by atoms with Crippen molar-refractivity contribution in [1.29, 1.82) is 0 Å². The summed E-state index contributed by atoms with van der Waals surface area (Å²) in [6.07, 6.45) is 0.891. The van der Waals surface area contributed by atoms with Gasteiger partial charge in [-0.15, -0.1) is 11.3 Å². The van der Waals surface area contributed by atoms with E-state index in [0.29, 0.717) is 6.54 Å². The van der Waals surface area contributed by atoms with E-state index < -0.39 is 0 Å². The van der Waals surface area contributed by atoms with Gasteiger partial charge in [-0.05, 0) is 62.2 Å². The van der Waals surface area contributed by atoms with Gasteiger partial charge in [-0.3, -0.25) is 14.5 Å². The van der Waals surface area contributed by atoms with Crippen molar-refractivity contribution in [2.24, 2.45) is 0 Å². The van der Waals surface area contributed by atoms with Gasteiger partial charge in [0.05, 0.1) is 17.2 Å². The van der Waals surface area contributed by atoms with E-state index >= 15 is 0 Å². The van der Waals surface area contributed by atoms with Gasteiger partial charge < -0.3 is 9.80 Å². The van der Waals surface area contributed by atoms with Gasteiger partial charge in [-0.2, -0.15) is 0 Å². The fourth-order valence-corrected chi connectivity index (χ4v) is 5.29. The van der Waals surface area contributed by atoms with Gasteiger partial charge in [-0.1, -0.05) is 6.07 Å². The molecule has 0 bridgehead atoms. The summed E-state index contributed by atoms with van der Waals surface area (Å²) in [4.78, 5) is 35.7. The van der Waals surface area contributed by atoms with Crippen LogP contribution in [0.1, 0.15) is 27.9 Å². The number of nitrogens with zero attached hydrogens (tertiary/aromatic N) is 4. The number of aromatic nitrogens is 1. The molecule has 3 heterocycles. The second-order valence-corrected chi connectivity index (χ2v) is 9.82. The first-order valence-corrected chi connectivity index (χ1v) is 12.3. The number of hydrogen-bond acceptors (Lipinski definition) is 6. The number of carbonyl (C=O) groups excluding carboxylic acids is 2. The Hall–Kier alpha value is -3.03. The van der Waals surface area contributed by atoms with E-state index in [-0.39, 0.29) is 11.7 Å². The molecule has 0 radical (unpaired) electrons. The van der Waals surface area contributed by atoms with Crippen molar-refractivity contribution in [1.82, 2.24) is 9.88 Å². The maximum Gasteiger partial charge on any atom is 0.241 e. The second-order valence-electron chi connectivity index (χ2n) is 8.76. The van der Waals surface area contributed by atoms with Crippen LogP contribution in [0.3, 0.4) is 0 Å². The van der Waals surface area contributed by atoms with Crippen molar-refractivity contribution in [3.63, 3.8) is 0 Å². The smallest absolute Gasteiger partial charge is 0.241 e. The predicted octanol–water partition coefficient (Wildman–Crippen LogP) is 4.03. The van der Waals surface area contributed by atoms with Crippen molar-refractivity contribution in [3.05, 3.63) is 64.0 Å². The van der Waals surface area contributed by atoms with E-state index in [2.05, 4.69) is 38.4 Å². The number of Topliss-reactive ketones (excluding diaryl/α,β-unsaturated/α-hetero) is 1. The van der Waals surface area contributed by atoms with Gasteiger partial charge in [-0.25, -0.2) is 4.98 Å². The number of thiazole rings is 1. The minimum absolute atomic E-state index is 0.0859. The zero-order valence-electron chi connectivity index (χ0n) is 19.1. The number of amides is 1. The molecule has 1 aromatic heterocycles. The Bertz CT molecular complexity index is 1180. The molecule has 0 N–H and O–H groups in total. The Morgan fingerprint density at radius 3 is 2.42 bits per heavy atom. The minimum atomic E-state index is 0.0859. The molecular weight excluding hydrogens is 432 g/mol. The summed E-state index contributed by atoms with van der Waals surface area (Å²) in [6.45, 7) is 8.25. The number of ketones is 1. The first-order valence-electron chi connectivity index (χ1n) is 11.4. The molecule has 6 nitrogen and oxygen atoms in total. The molecule has 170 valence electrons. The maximum atomic E-state index is 13.1. The third-order valence-electron chi connectivity index (χ3n) is 6.56. The standard InChI is InChI=1S/C26H28N4O2S/c1-18(31)20-3-6-23(7-4-20)29-13-11-28(12-14-29)16-26(32)30-10-9-22-15-21(5-8-25(22)30)24-17-33-19(2)27-24/h3-8,15,17H,9-14,16H2,1-2H3. The monoisotopic (exact) mass is 460 g/mol. The second kappa shape index (κ2) is 9.08. The van der Waals surface area contributed by atoms with Gasteiger partial charge in [0.2, 0.25) is 5.91 Å². The van der Waals surface area contributed by atoms with Gasteiger partial charge in [0.25, 0.3) is 0 Å². The van der Waals surface area contributed by atoms with E-state index in [1.807, 2.05) is 36.1 Å². The van der Waals surface area contributed by atoms with Crippen molar-refractivity contribution in [2.45, 2.75) is 20.3 Å². The Balaban J connectivity index is 1.18. The predicted molar refractivity (Wildman–Crippen MR) is 133 cm³/mol. The number of fused-ring (bicyclic) bond motifs is 1. The largest absolute Gasteiger partial charge is 0.369 e. The molecule has 0 aliphatic carbocycles. The summed E-state index contributed by atoms with van der Waals surface area (Å²) < 4.78 is 0. The topological polar surface area (TPSA) is 56.8 Å². The lowest BCUT2D eigenvalue weighted by molar-refractivity contribution is -0.119. The number of rotatable bonds is 5. The molecule has 0 unspecified atom stereocenters. The summed E-state index contributed by atoms with van der Waals surface area (Å²) in [5.41, 5.74) is 6.28. The minimum Gasteiger partial charge on any atom is -0.369 e. The number of carbonyl (C=O) groups is 2. The van der Waals surface area contributed by atoms with Crippen LogP contribution in [0.25, 0.3) is 11.3 Å². The molecule has 7 heteroatoms. The van der Waals surface area contributed by atoms with Crippen LogP contribution in [0.5, 0.6) is 0 Å². The highest BCUT2D eigenvalue weighted by molar-refractivity contribution is 7.09. The molecular formula is C26H28N4O2S. The van der Waals surface area contributed by atoms with Gasteiger partial charge in [0.1, 0.15) is 0 Å². The van der Waals surface area contributed by atoms with E-state index in [1.165, 1.54) is 5.56 Å². The molecule has 2 aliphatic heterocycles. The zero-order chi connectivity index (χ0) is 22.9. The van der Waals surface area contributed by atoms with Crippen LogP contribution in [0.4, 0.5) is 11.4 Å². The highest BCUT2D eigenvalue weighted by Gasteiger charge is 2.27. The fraction of sp³-hybridized carbons (Fsp3) is 0.346. The molecule has 0 atom stereocenters. The van der Waals surface area contributed by atoms with E-state index in [4.69, 9.17) is 0 Å². The van der Waals surface area contributed by atoms with Crippen LogP contribution < -0.4 is 9.80 Å². The number of hydrogen-bond donors (Lipinski definition) is 0. The highest BCUT2D eigenvalue weighted by Crippen LogP contribution is 2.33. The zero-order valence-corrected chi connectivity index (χ0v) is 19.9. The van der Waals surface area contributed by atoms with Crippen molar-refractivity contribution in [2.75, 3.05) is 49.1 Å². The highest BCUT2D eigenvalue weighted by atomic mass is 32.1. The molecule has 1 saturated heterocycles. The summed E-state index contributed by atoms with van der Waals surface area (Å²) >= 11 is 1.66. The Morgan fingerprint density at radius 2 is 1.76 bits per heavy atom. The molecule has 1 fully saturated rings. The molecule has 2 aromatic carbocycles. The van der Waals surface area contributed by atoms with Crippen molar-refractivity contribution < 1.29 is 9.59 Å². The molecule has 0 spiro atoms. The third kappa shape index (κ3) is 4.56. The van der Waals surface area contributed by atoms with Crippen LogP contribution in [0.2, 0.25) is 0 Å². The van der Waals surface area contributed by atoms with E-state index in [9.17, 15) is 9.59 Å². The number of piperazine rings is 1. The summed E-state index contributed by atoms with van der Waals surface area (Å²) in [7, 11) is 0. The van der Waals surface area contributed by atoms with Crippen molar-refractivity contribution in [3.8, 4) is 11.3 Å². The van der Waals surface area contributed by atoms with Crippen LogP contribution in [0, 0.1) is 6.92 Å². The molecule has 3 aromatic rings. The van der Waals surface area contributed by atoms with Crippen LogP contribution in [0.15, 0.2) is 47.8 Å². The van der Waals surface area contributed by atoms with Crippen LogP contribution in [-0.2, 0) is 11.2 Å². The lowest BCUT2D eigenvalue weighted by atomic mass is 10.1. The summed E-state index contributed by atoms with van der Waals surface area (Å²) in [6, 6.07) is 14.1. The lowest BCUT2D eigenvalue weighted by Gasteiger charge is -2.36. The van der Waals surface area contributed by atoms with Gasteiger partial charge in [0.15, 0.2) is 5.78 Å². The van der Waals surface area contributed by atoms with Crippen LogP contribution >= 0.6 is 11.3 Å². The van der Waals surface area contributed by atoms with E-state index in [0.717, 1.165) is 72.3 Å².